The van der Waals surface area contributed by atoms with Crippen molar-refractivity contribution < 1.29 is 37.6 Å². The van der Waals surface area contributed by atoms with Gasteiger partial charge in [-0.3, -0.25) is 18.6 Å². The molecule has 0 radical (unpaired) electrons. The number of carbonyl (C=O) groups excluding carboxylic acids is 2. The molecule has 0 bridgehead atoms. The minimum absolute atomic E-state index is 0.0358. The second-order valence-electron chi connectivity index (χ2n) is 15.9. The number of esters is 2. The van der Waals surface area contributed by atoms with Crippen LogP contribution in [0.3, 0.4) is 0 Å². The van der Waals surface area contributed by atoms with E-state index in [2.05, 4.69) is 117 Å². The highest BCUT2D eigenvalue weighted by atomic mass is 31.2. The van der Waals surface area contributed by atoms with Crippen LogP contribution in [0.5, 0.6) is 0 Å². The number of hydrogen-bond acceptors (Lipinski definition) is 8. The van der Waals surface area contributed by atoms with Crippen molar-refractivity contribution in [2.24, 2.45) is 5.73 Å². The molecule has 368 valence electrons. The minimum atomic E-state index is -4.41. The lowest BCUT2D eigenvalue weighted by Crippen LogP contribution is -2.29. The summed E-state index contributed by atoms with van der Waals surface area (Å²) in [6.45, 7) is 3.37. The lowest BCUT2D eigenvalue weighted by Gasteiger charge is -2.19. The number of ether oxygens (including phenoxy) is 2. The molecule has 0 saturated carbocycles. The van der Waals surface area contributed by atoms with Crippen LogP contribution in [0.25, 0.3) is 0 Å². The van der Waals surface area contributed by atoms with Gasteiger partial charge in [-0.2, -0.15) is 0 Å². The molecule has 0 aromatic heterocycles. The number of rotatable bonds is 45. The summed E-state index contributed by atoms with van der Waals surface area (Å²) in [6.07, 6.45) is 68.5. The lowest BCUT2D eigenvalue weighted by molar-refractivity contribution is -0.160. The fourth-order valence-corrected chi connectivity index (χ4v) is 7.03. The van der Waals surface area contributed by atoms with Crippen LogP contribution in [0.1, 0.15) is 181 Å². The topological polar surface area (TPSA) is 134 Å². The highest BCUT2D eigenvalue weighted by Crippen LogP contribution is 2.43. The second-order valence-corrected chi connectivity index (χ2v) is 17.4. The average Bonchev–Trinajstić information content (AvgIpc) is 3.30. The fourth-order valence-electron chi connectivity index (χ4n) is 6.26. The van der Waals surface area contributed by atoms with E-state index in [1.54, 1.807) is 6.08 Å². The van der Waals surface area contributed by atoms with Gasteiger partial charge in [-0.05, 0) is 83.5 Å². The van der Waals surface area contributed by atoms with Gasteiger partial charge in [0.1, 0.15) is 6.61 Å². The third-order valence-corrected chi connectivity index (χ3v) is 10.9. The Balaban J connectivity index is 4.09. The van der Waals surface area contributed by atoms with Crippen LogP contribution in [-0.4, -0.2) is 49.3 Å². The Hall–Kier alpha value is -3.59. The molecule has 0 aliphatic heterocycles. The zero-order chi connectivity index (χ0) is 47.4. The van der Waals surface area contributed by atoms with Crippen LogP contribution in [0.2, 0.25) is 0 Å². The van der Waals surface area contributed by atoms with Gasteiger partial charge in [-0.25, -0.2) is 4.57 Å². The molecule has 65 heavy (non-hydrogen) atoms. The maximum Gasteiger partial charge on any atom is 0.472 e. The normalized spacial score (nSPS) is 14.2. The molecule has 0 aliphatic rings. The Morgan fingerprint density at radius 3 is 1.26 bits per heavy atom. The fraction of sp³-hybridized carbons (Fsp3) is 0.600. The Morgan fingerprint density at radius 2 is 0.846 bits per heavy atom. The number of hydrogen-bond donors (Lipinski definition) is 2. The second kappa shape index (κ2) is 49.8. The van der Waals surface area contributed by atoms with Crippen molar-refractivity contribution >= 4 is 19.8 Å². The molecule has 3 N–H and O–H groups in total. The van der Waals surface area contributed by atoms with Crippen molar-refractivity contribution in [3.05, 3.63) is 122 Å². The smallest absolute Gasteiger partial charge is 0.461 e. The van der Waals surface area contributed by atoms with E-state index in [0.717, 1.165) is 77.0 Å². The summed E-state index contributed by atoms with van der Waals surface area (Å²) in [5.74, 6) is -0.986. The minimum Gasteiger partial charge on any atom is -0.461 e. The van der Waals surface area contributed by atoms with E-state index in [1.165, 1.54) is 64.2 Å². The Kier molecular flexibility index (Phi) is 47.1. The standard InChI is InChI=1S/C55H90NO8P/c1-3-5-7-9-11-13-15-17-19-20-21-22-23-24-25-26-27-28-29-30-31-32-34-36-38-40-42-44-46-48-55(58)64-53(52-63-65(59,60)62-50-49-56)51-61-54(57)47-45-43-41-39-37-35-33-18-16-14-12-10-8-6-4-2/h5-8,11-14,17-19,21-22,24-25,33,37,39,43,45,53H,3-4,9-10,15-16,20,23,26-32,34-36,38,40-42,44,46-52,56H2,1-2H3,(H,59,60)/b7-5-,8-6-,13-11-,14-12-,19-17-,22-21-,25-24-,33-18-,39-37-,45-43-. The average molecular weight is 924 g/mol. The van der Waals surface area contributed by atoms with Crippen LogP contribution in [0, 0.1) is 0 Å². The predicted octanol–water partition coefficient (Wildman–Crippen LogP) is 15.3. The molecule has 0 rings (SSSR count). The SMILES string of the molecule is CC/C=C\C/C=C\C/C=C\C/C=C\C/C=C\CCCCCCCCCCCCCCCC(=O)OC(COC(=O)C/C=C\C/C=C\C/C=C\C/C=C\C/C=C\CC)COP(=O)(O)OCCN. The summed E-state index contributed by atoms with van der Waals surface area (Å²) >= 11 is 0. The van der Waals surface area contributed by atoms with Crippen molar-refractivity contribution in [2.75, 3.05) is 26.4 Å². The Morgan fingerprint density at radius 1 is 0.477 bits per heavy atom. The summed E-state index contributed by atoms with van der Waals surface area (Å²) in [5, 5.41) is 0. The van der Waals surface area contributed by atoms with E-state index in [4.69, 9.17) is 24.3 Å². The highest BCUT2D eigenvalue weighted by molar-refractivity contribution is 7.47. The Bertz CT molecular complexity index is 1470. The molecular weight excluding hydrogens is 834 g/mol. The zero-order valence-electron chi connectivity index (χ0n) is 40.7. The van der Waals surface area contributed by atoms with Crippen LogP contribution in [0.15, 0.2) is 122 Å². The van der Waals surface area contributed by atoms with E-state index in [9.17, 15) is 19.0 Å². The van der Waals surface area contributed by atoms with Gasteiger partial charge < -0.3 is 20.1 Å². The number of phosphoric acid groups is 1. The van der Waals surface area contributed by atoms with E-state index in [0.29, 0.717) is 12.8 Å². The molecule has 0 amide bonds. The monoisotopic (exact) mass is 924 g/mol. The van der Waals surface area contributed by atoms with Gasteiger partial charge in [-0.1, -0.05) is 206 Å². The van der Waals surface area contributed by atoms with Crippen molar-refractivity contribution in [1.29, 1.82) is 0 Å². The van der Waals surface area contributed by atoms with Crippen molar-refractivity contribution in [1.82, 2.24) is 0 Å². The van der Waals surface area contributed by atoms with Gasteiger partial charge in [0, 0.05) is 13.0 Å². The van der Waals surface area contributed by atoms with Gasteiger partial charge in [0.05, 0.1) is 19.6 Å². The van der Waals surface area contributed by atoms with E-state index in [1.807, 2.05) is 12.2 Å². The highest BCUT2D eigenvalue weighted by Gasteiger charge is 2.25. The van der Waals surface area contributed by atoms with E-state index >= 15 is 0 Å². The molecule has 0 spiro atoms. The third-order valence-electron chi connectivity index (χ3n) is 9.88. The summed E-state index contributed by atoms with van der Waals surface area (Å²) in [5.41, 5.74) is 5.35. The van der Waals surface area contributed by atoms with Gasteiger partial charge in [0.15, 0.2) is 6.10 Å². The zero-order valence-corrected chi connectivity index (χ0v) is 41.6. The predicted molar refractivity (Wildman–Crippen MR) is 274 cm³/mol. The number of unbranched alkanes of at least 4 members (excludes halogenated alkanes) is 13. The summed E-state index contributed by atoms with van der Waals surface area (Å²) in [4.78, 5) is 34.9. The molecule has 0 fully saturated rings. The van der Waals surface area contributed by atoms with Crippen LogP contribution >= 0.6 is 7.82 Å². The summed E-state index contributed by atoms with van der Waals surface area (Å²) in [6, 6.07) is 0. The van der Waals surface area contributed by atoms with E-state index < -0.39 is 32.5 Å². The first-order chi connectivity index (χ1) is 31.8. The molecule has 2 unspecified atom stereocenters. The number of phosphoric ester groups is 1. The quantitative estimate of drug-likeness (QED) is 0.0265. The molecule has 0 aromatic carbocycles. The number of carbonyl (C=O) groups is 2. The van der Waals surface area contributed by atoms with Gasteiger partial charge in [0.2, 0.25) is 0 Å². The van der Waals surface area contributed by atoms with Crippen LogP contribution in [0.4, 0.5) is 0 Å². The first-order valence-electron chi connectivity index (χ1n) is 25.0. The van der Waals surface area contributed by atoms with E-state index in [-0.39, 0.29) is 32.6 Å². The molecule has 0 saturated heterocycles. The maximum absolute atomic E-state index is 12.6. The molecular formula is C55H90NO8P. The maximum atomic E-state index is 12.6. The summed E-state index contributed by atoms with van der Waals surface area (Å²) < 4.78 is 32.7. The Labute approximate surface area is 396 Å². The molecule has 9 nitrogen and oxygen atoms in total. The lowest BCUT2D eigenvalue weighted by atomic mass is 10.0. The largest absolute Gasteiger partial charge is 0.472 e. The van der Waals surface area contributed by atoms with Crippen molar-refractivity contribution in [3.8, 4) is 0 Å². The van der Waals surface area contributed by atoms with Gasteiger partial charge in [-0.15, -0.1) is 0 Å². The molecule has 0 aliphatic carbocycles. The van der Waals surface area contributed by atoms with Crippen LogP contribution < -0.4 is 5.73 Å². The molecule has 0 aromatic rings. The molecule has 0 heterocycles. The third kappa shape index (κ3) is 49.7. The number of nitrogens with two attached hydrogens (primary N) is 1. The molecule has 2 atom stereocenters. The number of allylic oxidation sites excluding steroid dienone is 19. The van der Waals surface area contributed by atoms with Crippen molar-refractivity contribution in [2.45, 2.75) is 187 Å². The van der Waals surface area contributed by atoms with Crippen LogP contribution in [-0.2, 0) is 32.7 Å². The molecule has 10 heteroatoms. The summed E-state index contributed by atoms with van der Waals surface area (Å²) in [7, 11) is -4.41. The van der Waals surface area contributed by atoms with Crippen molar-refractivity contribution in [3.63, 3.8) is 0 Å². The van der Waals surface area contributed by atoms with Gasteiger partial charge >= 0.3 is 19.8 Å². The van der Waals surface area contributed by atoms with Gasteiger partial charge in [0.25, 0.3) is 0 Å². The first kappa shape index (κ1) is 61.4. The first-order valence-corrected chi connectivity index (χ1v) is 26.5.